The standard InChI is InChI=1S/C18H22N4O2.ClH/c23-16-11-20-22(15-4-2-1-3-14(15)16)12-17(24)21-9-6-18(7-10-21)5-8-19-13-18;/h1-4,11,19H,5-10,12-13H2;1H. The number of halogens is 1. The fraction of sp³-hybridized carbons (Fsp3) is 0.500. The van der Waals surface area contributed by atoms with E-state index in [0.717, 1.165) is 39.0 Å². The van der Waals surface area contributed by atoms with E-state index in [-0.39, 0.29) is 30.3 Å². The van der Waals surface area contributed by atoms with Crippen molar-refractivity contribution in [1.82, 2.24) is 20.0 Å². The van der Waals surface area contributed by atoms with Crippen LogP contribution in [0.3, 0.4) is 0 Å². The summed E-state index contributed by atoms with van der Waals surface area (Å²) in [6.07, 6.45) is 4.67. The number of hydrogen-bond acceptors (Lipinski definition) is 4. The smallest absolute Gasteiger partial charge is 0.244 e. The molecule has 25 heavy (non-hydrogen) atoms. The first kappa shape index (κ1) is 17.9. The second kappa shape index (κ2) is 7.14. The summed E-state index contributed by atoms with van der Waals surface area (Å²) < 4.78 is 1.64. The third-order valence-electron chi connectivity index (χ3n) is 5.56. The maximum Gasteiger partial charge on any atom is 0.244 e. The van der Waals surface area contributed by atoms with Gasteiger partial charge in [0.1, 0.15) is 6.54 Å². The number of fused-ring (bicyclic) bond motifs is 1. The zero-order chi connectivity index (χ0) is 16.6. The molecule has 0 bridgehead atoms. The summed E-state index contributed by atoms with van der Waals surface area (Å²) in [6, 6.07) is 7.31. The molecule has 1 spiro atoms. The van der Waals surface area contributed by atoms with Gasteiger partial charge in [-0.3, -0.25) is 14.3 Å². The quantitative estimate of drug-likeness (QED) is 0.877. The fourth-order valence-electron chi connectivity index (χ4n) is 3.97. The Labute approximate surface area is 152 Å². The van der Waals surface area contributed by atoms with Crippen molar-refractivity contribution >= 4 is 29.2 Å². The van der Waals surface area contributed by atoms with Gasteiger partial charge in [-0.05, 0) is 43.4 Å². The summed E-state index contributed by atoms with van der Waals surface area (Å²) in [6.45, 7) is 4.01. The van der Waals surface area contributed by atoms with Crippen molar-refractivity contribution in [3.63, 3.8) is 0 Å². The predicted molar refractivity (Wildman–Crippen MR) is 99.0 cm³/mol. The van der Waals surface area contributed by atoms with Crippen LogP contribution < -0.4 is 10.7 Å². The lowest BCUT2D eigenvalue weighted by atomic mass is 9.78. The highest BCUT2D eigenvalue weighted by Gasteiger charge is 2.38. The fourth-order valence-corrected chi connectivity index (χ4v) is 3.97. The lowest BCUT2D eigenvalue weighted by Gasteiger charge is -2.39. The first-order valence-corrected chi connectivity index (χ1v) is 8.60. The first-order valence-electron chi connectivity index (χ1n) is 8.60. The number of likely N-dealkylation sites (tertiary alicyclic amines) is 1. The van der Waals surface area contributed by atoms with E-state index in [2.05, 4.69) is 10.4 Å². The lowest BCUT2D eigenvalue weighted by Crippen LogP contribution is -2.45. The van der Waals surface area contributed by atoms with Crippen LogP contribution >= 0.6 is 12.4 Å². The van der Waals surface area contributed by atoms with Gasteiger partial charge < -0.3 is 10.2 Å². The minimum Gasteiger partial charge on any atom is -0.341 e. The van der Waals surface area contributed by atoms with Gasteiger partial charge >= 0.3 is 0 Å². The van der Waals surface area contributed by atoms with Crippen LogP contribution in [0.1, 0.15) is 19.3 Å². The molecule has 7 heteroatoms. The van der Waals surface area contributed by atoms with Gasteiger partial charge in [0.2, 0.25) is 11.3 Å². The molecule has 3 heterocycles. The molecule has 0 unspecified atom stereocenters. The van der Waals surface area contributed by atoms with Gasteiger partial charge in [0.05, 0.1) is 11.7 Å². The molecular weight excluding hydrogens is 340 g/mol. The Morgan fingerprint density at radius 1 is 1.20 bits per heavy atom. The molecule has 2 aliphatic rings. The number of nitrogens with one attached hydrogen (secondary N) is 1. The van der Waals surface area contributed by atoms with Crippen LogP contribution in [-0.4, -0.2) is 46.8 Å². The van der Waals surface area contributed by atoms with Crippen molar-refractivity contribution in [1.29, 1.82) is 0 Å². The van der Waals surface area contributed by atoms with Crippen LogP contribution in [0.2, 0.25) is 0 Å². The Balaban J connectivity index is 0.00000182. The van der Waals surface area contributed by atoms with Crippen LogP contribution in [0.25, 0.3) is 10.9 Å². The Kier molecular flexibility index (Phi) is 5.11. The van der Waals surface area contributed by atoms with E-state index in [1.807, 2.05) is 23.1 Å². The molecular formula is C18H23ClN4O2. The number of benzene rings is 1. The molecule has 2 aromatic rings. The average molecular weight is 363 g/mol. The number of amides is 1. The molecule has 2 saturated heterocycles. The van der Waals surface area contributed by atoms with Crippen molar-refractivity contribution in [2.45, 2.75) is 25.8 Å². The van der Waals surface area contributed by atoms with E-state index in [9.17, 15) is 9.59 Å². The van der Waals surface area contributed by atoms with Crippen molar-refractivity contribution in [2.75, 3.05) is 26.2 Å². The van der Waals surface area contributed by atoms with Gasteiger partial charge in [-0.25, -0.2) is 0 Å². The van der Waals surface area contributed by atoms with Gasteiger partial charge in [0.25, 0.3) is 0 Å². The summed E-state index contributed by atoms with van der Waals surface area (Å²) in [5, 5.41) is 8.21. The number of aromatic nitrogens is 2. The third kappa shape index (κ3) is 3.41. The van der Waals surface area contributed by atoms with Crippen molar-refractivity contribution in [3.05, 3.63) is 40.7 Å². The average Bonchev–Trinajstić information content (AvgIpc) is 3.06. The molecule has 1 amide bonds. The monoisotopic (exact) mass is 362 g/mol. The molecule has 2 aliphatic heterocycles. The van der Waals surface area contributed by atoms with Crippen LogP contribution in [0, 0.1) is 5.41 Å². The lowest BCUT2D eigenvalue weighted by molar-refractivity contribution is -0.134. The number of carbonyl (C=O) groups is 1. The summed E-state index contributed by atoms with van der Waals surface area (Å²) in [4.78, 5) is 26.5. The molecule has 0 aliphatic carbocycles. The Morgan fingerprint density at radius 3 is 2.68 bits per heavy atom. The second-order valence-corrected chi connectivity index (χ2v) is 6.99. The maximum absolute atomic E-state index is 12.7. The van der Waals surface area contributed by atoms with Crippen LogP contribution in [0.5, 0.6) is 0 Å². The Morgan fingerprint density at radius 2 is 1.96 bits per heavy atom. The Bertz CT molecular complexity index is 819. The molecule has 0 atom stereocenters. The summed E-state index contributed by atoms with van der Waals surface area (Å²) in [5.74, 6) is 0.0807. The largest absolute Gasteiger partial charge is 0.341 e. The maximum atomic E-state index is 12.7. The highest BCUT2D eigenvalue weighted by Crippen LogP contribution is 2.36. The number of rotatable bonds is 2. The highest BCUT2D eigenvalue weighted by molar-refractivity contribution is 5.85. The molecule has 1 aromatic carbocycles. The molecule has 0 radical (unpaired) electrons. The van der Waals surface area contributed by atoms with Gasteiger partial charge in [-0.1, -0.05) is 12.1 Å². The van der Waals surface area contributed by atoms with Gasteiger partial charge in [-0.2, -0.15) is 5.10 Å². The van der Waals surface area contributed by atoms with E-state index in [1.54, 1.807) is 10.7 Å². The Hall–Kier alpha value is -1.92. The molecule has 2 fully saturated rings. The van der Waals surface area contributed by atoms with Gasteiger partial charge in [0, 0.05) is 25.0 Å². The zero-order valence-corrected chi connectivity index (χ0v) is 14.9. The van der Waals surface area contributed by atoms with Crippen LogP contribution in [-0.2, 0) is 11.3 Å². The van der Waals surface area contributed by atoms with E-state index in [4.69, 9.17) is 0 Å². The minimum atomic E-state index is -0.108. The molecule has 0 saturated carbocycles. The van der Waals surface area contributed by atoms with Crippen molar-refractivity contribution < 1.29 is 4.79 Å². The SMILES string of the molecule is Cl.O=C(Cn1ncc(=O)c2ccccc21)N1CCC2(CCNC2)CC1. The molecule has 1 N–H and O–H groups in total. The van der Waals surface area contributed by atoms with E-state index in [0.29, 0.717) is 16.3 Å². The van der Waals surface area contributed by atoms with E-state index in [1.165, 1.54) is 12.6 Å². The highest BCUT2D eigenvalue weighted by atomic mass is 35.5. The topological polar surface area (TPSA) is 67.2 Å². The number of hydrogen-bond donors (Lipinski definition) is 1. The predicted octanol–water partition coefficient (Wildman–Crippen LogP) is 1.42. The molecule has 4 rings (SSSR count). The van der Waals surface area contributed by atoms with Gasteiger partial charge in [0.15, 0.2) is 0 Å². The van der Waals surface area contributed by atoms with Crippen LogP contribution in [0.4, 0.5) is 0 Å². The first-order chi connectivity index (χ1) is 11.7. The van der Waals surface area contributed by atoms with E-state index < -0.39 is 0 Å². The van der Waals surface area contributed by atoms with Crippen molar-refractivity contribution in [3.8, 4) is 0 Å². The number of nitrogens with zero attached hydrogens (tertiary/aromatic N) is 3. The molecule has 134 valence electrons. The number of piperidine rings is 1. The second-order valence-electron chi connectivity index (χ2n) is 6.99. The van der Waals surface area contributed by atoms with Gasteiger partial charge in [-0.15, -0.1) is 12.4 Å². The van der Waals surface area contributed by atoms with E-state index >= 15 is 0 Å². The van der Waals surface area contributed by atoms with Crippen molar-refractivity contribution in [2.24, 2.45) is 5.41 Å². The third-order valence-corrected chi connectivity index (χ3v) is 5.56. The number of carbonyl (C=O) groups excluding carboxylic acids is 1. The minimum absolute atomic E-state index is 0. The molecule has 6 nitrogen and oxygen atoms in total. The summed E-state index contributed by atoms with van der Waals surface area (Å²) in [5.41, 5.74) is 1.01. The summed E-state index contributed by atoms with van der Waals surface area (Å²) >= 11 is 0. The normalized spacial score (nSPS) is 19.1. The zero-order valence-electron chi connectivity index (χ0n) is 14.1. The summed E-state index contributed by atoms with van der Waals surface area (Å²) in [7, 11) is 0. The number of para-hydroxylation sites is 1. The molecule has 1 aromatic heterocycles. The van der Waals surface area contributed by atoms with Crippen LogP contribution in [0.15, 0.2) is 35.3 Å².